The van der Waals surface area contributed by atoms with E-state index in [-0.39, 0.29) is 24.5 Å². The van der Waals surface area contributed by atoms with Crippen LogP contribution >= 0.6 is 0 Å². The second-order valence-corrected chi connectivity index (χ2v) is 12.8. The van der Waals surface area contributed by atoms with Crippen molar-refractivity contribution in [2.24, 2.45) is 17.8 Å². The zero-order valence-electron chi connectivity index (χ0n) is 24.5. The second-order valence-electron chi connectivity index (χ2n) is 12.8. The monoisotopic (exact) mass is 564 g/mol. The lowest BCUT2D eigenvalue weighted by Crippen LogP contribution is -2.54. The van der Waals surface area contributed by atoms with Crippen molar-refractivity contribution in [3.8, 4) is 0 Å². The third-order valence-corrected chi connectivity index (χ3v) is 8.24. The highest BCUT2D eigenvalue weighted by atomic mass is 16.2. The number of H-pyrrole nitrogens is 1. The van der Waals surface area contributed by atoms with Gasteiger partial charge in [0.25, 0.3) is 5.91 Å². The van der Waals surface area contributed by atoms with Gasteiger partial charge in [-0.3, -0.25) is 24.0 Å². The maximum absolute atomic E-state index is 13.8. The molecule has 1 saturated carbocycles. The number of piperidine rings is 1. The molecule has 0 spiro atoms. The second kappa shape index (κ2) is 13.4. The Bertz CT molecular complexity index is 1240. The number of benzene rings is 1. The quantitative estimate of drug-likeness (QED) is 0.239. The summed E-state index contributed by atoms with van der Waals surface area (Å²) in [5, 5.41) is 9.26. The molecular weight excluding hydrogens is 520 g/mol. The van der Waals surface area contributed by atoms with Crippen molar-refractivity contribution in [3.63, 3.8) is 0 Å². The molecule has 1 aliphatic heterocycles. The Kier molecular flexibility index (Phi) is 9.99. The van der Waals surface area contributed by atoms with E-state index in [1.54, 1.807) is 26.8 Å². The molecule has 222 valence electrons. The highest BCUT2D eigenvalue weighted by Crippen LogP contribution is 2.31. The molecule has 1 aromatic heterocycles. The number of carbonyl (C=O) groups is 5. The van der Waals surface area contributed by atoms with E-state index in [9.17, 15) is 24.0 Å². The Morgan fingerprint density at radius 3 is 2.39 bits per heavy atom. The summed E-state index contributed by atoms with van der Waals surface area (Å²) in [4.78, 5) is 69.2. The number of Topliss-reactive ketones (excluding diaryl/α,β-unsaturated/α-hetero) is 2. The number of aromatic amines is 1. The largest absolute Gasteiger partial charge is 0.356 e. The summed E-state index contributed by atoms with van der Waals surface area (Å²) in [6, 6.07) is 8.27. The van der Waals surface area contributed by atoms with Crippen molar-refractivity contribution in [1.29, 1.82) is 0 Å². The summed E-state index contributed by atoms with van der Waals surface area (Å²) in [5.41, 5.74) is 0.660. The number of hydrogen-bond donors (Lipinski definition) is 4. The number of fused-ring (bicyclic) bond motifs is 1. The first-order valence-electron chi connectivity index (χ1n) is 15.1. The Morgan fingerprint density at radius 1 is 0.976 bits per heavy atom. The maximum atomic E-state index is 13.8. The van der Waals surface area contributed by atoms with Crippen molar-refractivity contribution < 1.29 is 24.0 Å². The van der Waals surface area contributed by atoms with E-state index in [1.807, 2.05) is 24.3 Å². The Morgan fingerprint density at radius 2 is 1.71 bits per heavy atom. The van der Waals surface area contributed by atoms with E-state index in [1.165, 1.54) is 6.42 Å². The number of rotatable bonds is 11. The van der Waals surface area contributed by atoms with Crippen LogP contribution in [0.5, 0.6) is 0 Å². The Hall–Kier alpha value is -3.49. The van der Waals surface area contributed by atoms with E-state index in [4.69, 9.17) is 0 Å². The van der Waals surface area contributed by atoms with Gasteiger partial charge >= 0.3 is 0 Å². The molecule has 1 saturated heterocycles. The van der Waals surface area contributed by atoms with E-state index >= 15 is 0 Å². The Labute approximate surface area is 242 Å². The van der Waals surface area contributed by atoms with Gasteiger partial charge in [-0.15, -0.1) is 0 Å². The van der Waals surface area contributed by atoms with Gasteiger partial charge in [-0.2, -0.15) is 0 Å². The summed E-state index contributed by atoms with van der Waals surface area (Å²) >= 11 is 0. The lowest BCUT2D eigenvalue weighted by Gasteiger charge is -2.29. The van der Waals surface area contributed by atoms with Crippen LogP contribution in [0.25, 0.3) is 10.9 Å². The topological polar surface area (TPSA) is 137 Å². The first kappa shape index (κ1) is 30.5. The number of carbonyl (C=O) groups excluding carboxylic acids is 5. The smallest absolute Gasteiger partial charge is 0.290 e. The van der Waals surface area contributed by atoms with Crippen molar-refractivity contribution in [1.82, 2.24) is 20.9 Å². The average Bonchev–Trinajstić information content (AvgIpc) is 3.37. The molecule has 9 nitrogen and oxygen atoms in total. The molecule has 2 aliphatic rings. The highest BCUT2D eigenvalue weighted by molar-refractivity contribution is 6.38. The van der Waals surface area contributed by atoms with Gasteiger partial charge in [0.1, 0.15) is 0 Å². The predicted molar refractivity (Wildman–Crippen MR) is 157 cm³/mol. The molecule has 2 aromatic rings. The molecule has 0 radical (unpaired) electrons. The van der Waals surface area contributed by atoms with Gasteiger partial charge in [0.15, 0.2) is 5.78 Å². The van der Waals surface area contributed by atoms with E-state index < -0.39 is 41.0 Å². The van der Waals surface area contributed by atoms with Gasteiger partial charge in [-0.25, -0.2) is 0 Å². The third kappa shape index (κ3) is 8.50. The van der Waals surface area contributed by atoms with Crippen LogP contribution in [0.15, 0.2) is 30.3 Å². The van der Waals surface area contributed by atoms with Gasteiger partial charge in [0.2, 0.25) is 17.6 Å². The number of para-hydroxylation sites is 1. The number of aromatic nitrogens is 1. The molecule has 4 N–H and O–H groups in total. The SMILES string of the molecule is CC(C)(C)NC(=O)C(=O)[C@H](C[C@@H]1CCCNC1=O)NC(=O)[C@@H](CC(=O)c1cc2ccccc2[nH]1)CC1CCCCC1. The fourth-order valence-corrected chi connectivity index (χ4v) is 6.09. The molecule has 4 rings (SSSR count). The summed E-state index contributed by atoms with van der Waals surface area (Å²) in [5.74, 6) is -3.15. The van der Waals surface area contributed by atoms with E-state index in [2.05, 4.69) is 20.9 Å². The van der Waals surface area contributed by atoms with Gasteiger partial charge in [-0.05, 0) is 64.5 Å². The van der Waals surface area contributed by atoms with Gasteiger partial charge in [0.05, 0.1) is 11.7 Å². The van der Waals surface area contributed by atoms with Crippen molar-refractivity contribution in [2.75, 3.05) is 6.54 Å². The van der Waals surface area contributed by atoms with E-state index in [0.717, 1.165) is 43.0 Å². The summed E-state index contributed by atoms with van der Waals surface area (Å²) < 4.78 is 0. The van der Waals surface area contributed by atoms with Crippen LogP contribution in [0.4, 0.5) is 0 Å². The molecule has 9 heteroatoms. The van der Waals surface area contributed by atoms with Crippen LogP contribution in [0.3, 0.4) is 0 Å². The number of nitrogens with one attached hydrogen (secondary N) is 4. The molecule has 1 aliphatic carbocycles. The number of amides is 3. The van der Waals surface area contributed by atoms with Gasteiger partial charge < -0.3 is 20.9 Å². The molecule has 3 atom stereocenters. The zero-order valence-corrected chi connectivity index (χ0v) is 24.5. The van der Waals surface area contributed by atoms with Crippen LogP contribution < -0.4 is 16.0 Å². The highest BCUT2D eigenvalue weighted by Gasteiger charge is 2.36. The van der Waals surface area contributed by atoms with Crippen molar-refractivity contribution in [2.45, 2.75) is 96.6 Å². The molecule has 0 bridgehead atoms. The molecule has 0 unspecified atom stereocenters. The first-order chi connectivity index (χ1) is 19.5. The maximum Gasteiger partial charge on any atom is 0.290 e. The van der Waals surface area contributed by atoms with Crippen LogP contribution in [0, 0.1) is 17.8 Å². The van der Waals surface area contributed by atoms with Crippen molar-refractivity contribution >= 4 is 40.2 Å². The fraction of sp³-hybridized carbons (Fsp3) is 0.594. The number of ketones is 2. The van der Waals surface area contributed by atoms with Gasteiger partial charge in [0, 0.05) is 41.2 Å². The zero-order chi connectivity index (χ0) is 29.6. The Balaban J connectivity index is 1.54. The molecule has 41 heavy (non-hydrogen) atoms. The summed E-state index contributed by atoms with van der Waals surface area (Å²) in [7, 11) is 0. The average molecular weight is 565 g/mol. The molecule has 1 aromatic carbocycles. The lowest BCUT2D eigenvalue weighted by atomic mass is 9.80. The van der Waals surface area contributed by atoms with Crippen molar-refractivity contribution in [3.05, 3.63) is 36.0 Å². The molecule has 2 fully saturated rings. The van der Waals surface area contributed by atoms with Crippen LogP contribution in [-0.4, -0.2) is 52.4 Å². The normalized spacial score (nSPS) is 19.7. The van der Waals surface area contributed by atoms with Crippen LogP contribution in [0.2, 0.25) is 0 Å². The first-order valence-corrected chi connectivity index (χ1v) is 15.1. The molecule has 3 amide bonds. The minimum atomic E-state index is -1.16. The lowest BCUT2D eigenvalue weighted by molar-refractivity contribution is -0.142. The van der Waals surface area contributed by atoms with Crippen LogP contribution in [0.1, 0.15) is 95.5 Å². The molecular formula is C32H44N4O5. The fourth-order valence-electron chi connectivity index (χ4n) is 6.09. The predicted octanol–water partition coefficient (Wildman–Crippen LogP) is 4.21. The standard InChI is InChI=1S/C32H44N4O5/c1-32(2,3)36-31(41)28(38)26(18-22-13-9-15-33-29(22)39)35-30(40)23(16-20-10-5-4-6-11-20)19-27(37)25-17-21-12-7-8-14-24(21)34-25/h7-8,12,14,17,20,22-23,26,34H,4-6,9-11,13,15-16,18-19H2,1-3H3,(H,33,39)(H,35,40)(H,36,41)/t22-,23+,26-/m0/s1. The molecule has 2 heterocycles. The third-order valence-electron chi connectivity index (χ3n) is 8.24. The number of hydrogen-bond acceptors (Lipinski definition) is 5. The summed E-state index contributed by atoms with van der Waals surface area (Å²) in [6.07, 6.45) is 7.29. The van der Waals surface area contributed by atoms with E-state index in [0.29, 0.717) is 31.0 Å². The summed E-state index contributed by atoms with van der Waals surface area (Å²) in [6.45, 7) is 5.90. The minimum Gasteiger partial charge on any atom is -0.356 e. The van der Waals surface area contributed by atoms with Gasteiger partial charge in [-0.1, -0.05) is 50.3 Å². The minimum absolute atomic E-state index is 0.00579. The van der Waals surface area contributed by atoms with Crippen LogP contribution in [-0.2, 0) is 19.2 Å².